The molecule has 0 atom stereocenters. The summed E-state index contributed by atoms with van der Waals surface area (Å²) in [6, 6.07) is 8.16. The first-order chi connectivity index (χ1) is 11.2. The average molecular weight is 312 g/mol. The minimum Gasteiger partial charge on any atom is -0.369 e. The van der Waals surface area contributed by atoms with E-state index in [0.29, 0.717) is 16.8 Å². The van der Waals surface area contributed by atoms with Gasteiger partial charge in [0.2, 0.25) is 0 Å². The summed E-state index contributed by atoms with van der Waals surface area (Å²) in [5, 5.41) is 3.86. The second kappa shape index (κ2) is 7.00. The number of carbonyl (C=O) groups is 1. The van der Waals surface area contributed by atoms with Crippen LogP contribution in [0.1, 0.15) is 28.8 Å². The van der Waals surface area contributed by atoms with Crippen molar-refractivity contribution in [1.29, 1.82) is 0 Å². The van der Waals surface area contributed by atoms with Gasteiger partial charge >= 0.3 is 0 Å². The van der Waals surface area contributed by atoms with Crippen molar-refractivity contribution >= 4 is 17.8 Å². The molecule has 1 aromatic heterocycles. The number of amides is 1. The summed E-state index contributed by atoms with van der Waals surface area (Å²) in [6.07, 6.45) is 6.69. The van der Waals surface area contributed by atoms with Gasteiger partial charge in [0.25, 0.3) is 5.91 Å². The number of aromatic nitrogens is 1. The molecule has 0 spiro atoms. The van der Waals surface area contributed by atoms with E-state index in [4.69, 9.17) is 0 Å². The van der Waals surface area contributed by atoms with Gasteiger partial charge in [0.15, 0.2) is 0 Å². The van der Waals surface area contributed by atoms with Crippen LogP contribution in [-0.2, 0) is 0 Å². The predicted octanol–water partition coefficient (Wildman–Crippen LogP) is 2.58. The minimum absolute atomic E-state index is 0.267. The van der Waals surface area contributed by atoms with Crippen LogP contribution in [-0.4, -0.2) is 30.2 Å². The highest BCUT2D eigenvalue weighted by molar-refractivity contribution is 5.94. The monoisotopic (exact) mass is 312 g/mol. The quantitative estimate of drug-likeness (QED) is 0.697. The second-order valence-electron chi connectivity index (χ2n) is 5.34. The molecule has 23 heavy (non-hydrogen) atoms. The summed E-state index contributed by atoms with van der Waals surface area (Å²) < 4.78 is 14.2. The zero-order chi connectivity index (χ0) is 16.1. The molecule has 2 heterocycles. The number of halogens is 1. The smallest absolute Gasteiger partial charge is 0.271 e. The van der Waals surface area contributed by atoms with E-state index in [9.17, 15) is 9.18 Å². The van der Waals surface area contributed by atoms with Crippen LogP contribution >= 0.6 is 0 Å². The number of pyridine rings is 1. The maximum atomic E-state index is 14.2. The first-order valence-electron chi connectivity index (χ1n) is 7.52. The lowest BCUT2D eigenvalue weighted by Gasteiger charge is -2.18. The molecule has 1 aromatic carbocycles. The highest BCUT2D eigenvalue weighted by atomic mass is 19.1. The molecule has 3 rings (SSSR count). The summed E-state index contributed by atoms with van der Waals surface area (Å²) in [7, 11) is 0. The number of hydrazone groups is 1. The molecule has 1 amide bonds. The van der Waals surface area contributed by atoms with Gasteiger partial charge in [-0.05, 0) is 42.7 Å². The topological polar surface area (TPSA) is 57.6 Å². The molecule has 0 unspecified atom stereocenters. The van der Waals surface area contributed by atoms with E-state index in [1.165, 1.54) is 24.7 Å². The molecular weight excluding hydrogens is 295 g/mol. The third-order valence-corrected chi connectivity index (χ3v) is 3.74. The molecule has 1 saturated heterocycles. The Kier molecular flexibility index (Phi) is 4.61. The predicted molar refractivity (Wildman–Crippen MR) is 87.1 cm³/mol. The Labute approximate surface area is 133 Å². The molecule has 0 saturated carbocycles. The Morgan fingerprint density at radius 3 is 2.65 bits per heavy atom. The van der Waals surface area contributed by atoms with Crippen LogP contribution in [0.25, 0.3) is 0 Å². The van der Waals surface area contributed by atoms with Crippen molar-refractivity contribution in [3.05, 3.63) is 59.7 Å². The summed E-state index contributed by atoms with van der Waals surface area (Å²) in [5.41, 5.74) is 4.10. The Morgan fingerprint density at radius 1 is 1.22 bits per heavy atom. The molecule has 0 bridgehead atoms. The average Bonchev–Trinajstić information content (AvgIpc) is 3.10. The maximum absolute atomic E-state index is 14.2. The van der Waals surface area contributed by atoms with Gasteiger partial charge in [0, 0.05) is 31.0 Å². The van der Waals surface area contributed by atoms with Crippen molar-refractivity contribution in [2.75, 3.05) is 18.0 Å². The van der Waals surface area contributed by atoms with Gasteiger partial charge in [0.1, 0.15) is 5.82 Å². The minimum atomic E-state index is -0.335. The molecular formula is C17H17FN4O. The van der Waals surface area contributed by atoms with Gasteiger partial charge in [-0.1, -0.05) is 6.07 Å². The van der Waals surface area contributed by atoms with E-state index in [-0.39, 0.29) is 11.7 Å². The molecule has 1 N–H and O–H groups in total. The number of benzene rings is 1. The van der Waals surface area contributed by atoms with E-state index in [1.54, 1.807) is 24.3 Å². The van der Waals surface area contributed by atoms with Crippen LogP contribution in [0.5, 0.6) is 0 Å². The van der Waals surface area contributed by atoms with Crippen LogP contribution in [0, 0.1) is 5.82 Å². The second-order valence-corrected chi connectivity index (χ2v) is 5.34. The Balaban J connectivity index is 1.63. The highest BCUT2D eigenvalue weighted by Crippen LogP contribution is 2.23. The third kappa shape index (κ3) is 3.71. The Bertz CT molecular complexity index is 712. The lowest BCUT2D eigenvalue weighted by Crippen LogP contribution is -2.19. The summed E-state index contributed by atoms with van der Waals surface area (Å²) >= 11 is 0. The molecule has 0 aliphatic carbocycles. The number of hydrogen-bond acceptors (Lipinski definition) is 4. The van der Waals surface area contributed by atoms with Crippen LogP contribution in [0.4, 0.5) is 10.1 Å². The van der Waals surface area contributed by atoms with Crippen molar-refractivity contribution in [3.8, 4) is 0 Å². The largest absolute Gasteiger partial charge is 0.369 e. The van der Waals surface area contributed by atoms with Crippen molar-refractivity contribution in [1.82, 2.24) is 10.4 Å². The summed E-state index contributed by atoms with van der Waals surface area (Å²) in [6.45, 7) is 1.79. The number of hydrogen-bond donors (Lipinski definition) is 1. The van der Waals surface area contributed by atoms with Gasteiger partial charge < -0.3 is 4.90 Å². The first-order valence-corrected chi connectivity index (χ1v) is 7.52. The number of anilines is 1. The van der Waals surface area contributed by atoms with Gasteiger partial charge in [-0.2, -0.15) is 5.10 Å². The molecule has 1 aliphatic rings. The van der Waals surface area contributed by atoms with Gasteiger partial charge in [-0.3, -0.25) is 9.78 Å². The number of nitrogens with zero attached hydrogens (tertiary/aromatic N) is 3. The van der Waals surface area contributed by atoms with E-state index in [1.807, 2.05) is 4.90 Å². The van der Waals surface area contributed by atoms with Crippen molar-refractivity contribution in [2.24, 2.45) is 5.10 Å². The number of rotatable bonds is 4. The number of nitrogens with one attached hydrogen (secondary N) is 1. The van der Waals surface area contributed by atoms with E-state index in [0.717, 1.165) is 25.9 Å². The van der Waals surface area contributed by atoms with Crippen LogP contribution < -0.4 is 10.3 Å². The summed E-state index contributed by atoms with van der Waals surface area (Å²) in [5.74, 6) is -0.603. The maximum Gasteiger partial charge on any atom is 0.271 e. The molecule has 118 valence electrons. The highest BCUT2D eigenvalue weighted by Gasteiger charge is 2.15. The standard InChI is InChI=1S/C17H17FN4O/c18-15-11-13(3-4-16(15)22-9-1-2-10-22)12-20-21-17(23)14-5-7-19-8-6-14/h3-8,11-12H,1-2,9-10H2,(H,21,23)/b20-12-. The SMILES string of the molecule is O=C(N/N=C\c1ccc(N2CCCC2)c(F)c1)c1ccncc1. The first kappa shape index (κ1) is 15.1. The Morgan fingerprint density at radius 2 is 1.96 bits per heavy atom. The van der Waals surface area contributed by atoms with E-state index < -0.39 is 0 Å². The zero-order valence-electron chi connectivity index (χ0n) is 12.6. The lowest BCUT2D eigenvalue weighted by atomic mass is 10.2. The Hall–Kier alpha value is -2.76. The van der Waals surface area contributed by atoms with Gasteiger partial charge in [0.05, 0.1) is 11.9 Å². The lowest BCUT2D eigenvalue weighted by molar-refractivity contribution is 0.0955. The normalized spacial score (nSPS) is 14.4. The van der Waals surface area contributed by atoms with E-state index in [2.05, 4.69) is 15.5 Å². The molecule has 0 radical (unpaired) electrons. The van der Waals surface area contributed by atoms with Crippen molar-refractivity contribution < 1.29 is 9.18 Å². The third-order valence-electron chi connectivity index (χ3n) is 3.74. The fourth-order valence-corrected chi connectivity index (χ4v) is 2.55. The zero-order valence-corrected chi connectivity index (χ0v) is 12.6. The molecule has 2 aromatic rings. The molecule has 1 fully saturated rings. The van der Waals surface area contributed by atoms with Crippen molar-refractivity contribution in [2.45, 2.75) is 12.8 Å². The fourth-order valence-electron chi connectivity index (χ4n) is 2.55. The summed E-state index contributed by atoms with van der Waals surface area (Å²) in [4.78, 5) is 17.7. The molecule has 1 aliphatic heterocycles. The van der Waals surface area contributed by atoms with Crippen molar-refractivity contribution in [3.63, 3.8) is 0 Å². The number of carbonyl (C=O) groups excluding carboxylic acids is 1. The molecule has 5 nitrogen and oxygen atoms in total. The van der Waals surface area contributed by atoms with Gasteiger partial charge in [-0.15, -0.1) is 0 Å². The van der Waals surface area contributed by atoms with Crippen LogP contribution in [0.15, 0.2) is 47.8 Å². The van der Waals surface area contributed by atoms with Crippen LogP contribution in [0.2, 0.25) is 0 Å². The fraction of sp³-hybridized carbons (Fsp3) is 0.235. The molecule has 6 heteroatoms. The van der Waals surface area contributed by atoms with Gasteiger partial charge in [-0.25, -0.2) is 9.82 Å². The van der Waals surface area contributed by atoms with E-state index >= 15 is 0 Å². The van der Waals surface area contributed by atoms with Crippen LogP contribution in [0.3, 0.4) is 0 Å².